The molecule has 2 aromatic rings. The maximum Gasteiger partial charge on any atom is 0.0724 e. The van der Waals surface area contributed by atoms with Crippen LogP contribution in [-0.4, -0.2) is 36.1 Å². The highest BCUT2D eigenvalue weighted by atomic mass is 15.2. The van der Waals surface area contributed by atoms with Crippen LogP contribution in [0.1, 0.15) is 19.3 Å². The first-order valence-corrected chi connectivity index (χ1v) is 7.33. The van der Waals surface area contributed by atoms with E-state index in [1.165, 1.54) is 25.8 Å². The number of nitrogens with one attached hydrogen (secondary N) is 1. The van der Waals surface area contributed by atoms with Crippen LogP contribution in [0.4, 0.5) is 11.4 Å². The van der Waals surface area contributed by atoms with Gasteiger partial charge in [-0.3, -0.25) is 4.98 Å². The molecule has 0 amide bonds. The van der Waals surface area contributed by atoms with Crippen molar-refractivity contribution in [1.82, 2.24) is 9.88 Å². The van der Waals surface area contributed by atoms with Crippen molar-refractivity contribution in [3.8, 4) is 0 Å². The standard InChI is InChI=1S/C16H22N4/c1-20-10-3-2-5-12(20)11-19-15-8-7-14-13(16(15)17)6-4-9-18-14/h4,6-9,12,19H,2-3,5,10-11,17H2,1H3. The Hall–Kier alpha value is -1.81. The third kappa shape index (κ3) is 2.56. The van der Waals surface area contributed by atoms with Gasteiger partial charge in [-0.25, -0.2) is 0 Å². The maximum absolute atomic E-state index is 6.25. The molecule has 0 saturated carbocycles. The third-order valence-corrected chi connectivity index (χ3v) is 4.28. The second kappa shape index (κ2) is 5.67. The van der Waals surface area contributed by atoms with Gasteiger partial charge in [-0.1, -0.05) is 6.42 Å². The average molecular weight is 270 g/mol. The molecule has 3 rings (SSSR count). The van der Waals surface area contributed by atoms with Gasteiger partial charge in [-0.05, 0) is 50.7 Å². The van der Waals surface area contributed by atoms with Crippen LogP contribution in [0.25, 0.3) is 10.9 Å². The third-order valence-electron chi connectivity index (χ3n) is 4.28. The van der Waals surface area contributed by atoms with Crippen molar-refractivity contribution in [3.63, 3.8) is 0 Å². The summed E-state index contributed by atoms with van der Waals surface area (Å²) in [6, 6.07) is 8.62. The lowest BCUT2D eigenvalue weighted by Gasteiger charge is -2.32. The predicted octanol–water partition coefficient (Wildman–Crippen LogP) is 2.71. The fourth-order valence-corrected chi connectivity index (χ4v) is 2.96. The molecule has 0 spiro atoms. The minimum atomic E-state index is 0.604. The molecule has 1 unspecified atom stereocenters. The zero-order valence-corrected chi connectivity index (χ0v) is 12.0. The number of hydrogen-bond acceptors (Lipinski definition) is 4. The van der Waals surface area contributed by atoms with Crippen LogP contribution in [0.15, 0.2) is 30.5 Å². The fraction of sp³-hybridized carbons (Fsp3) is 0.438. The SMILES string of the molecule is CN1CCCCC1CNc1ccc2ncccc2c1N. The number of aromatic nitrogens is 1. The Kier molecular flexibility index (Phi) is 3.74. The highest BCUT2D eigenvalue weighted by molar-refractivity contribution is 5.96. The van der Waals surface area contributed by atoms with Crippen LogP contribution in [0.2, 0.25) is 0 Å². The van der Waals surface area contributed by atoms with Gasteiger partial charge in [-0.15, -0.1) is 0 Å². The summed E-state index contributed by atoms with van der Waals surface area (Å²) in [4.78, 5) is 6.77. The summed E-state index contributed by atoms with van der Waals surface area (Å²) in [6.07, 6.45) is 5.70. The Bertz CT molecular complexity index is 596. The number of fused-ring (bicyclic) bond motifs is 1. The Morgan fingerprint density at radius 2 is 2.25 bits per heavy atom. The summed E-state index contributed by atoms with van der Waals surface area (Å²) in [6.45, 7) is 2.15. The molecule has 1 aliphatic rings. The van der Waals surface area contributed by atoms with Crippen LogP contribution in [0.5, 0.6) is 0 Å². The molecule has 4 heteroatoms. The second-order valence-corrected chi connectivity index (χ2v) is 5.61. The largest absolute Gasteiger partial charge is 0.397 e. The van der Waals surface area contributed by atoms with Crippen molar-refractivity contribution in [2.75, 3.05) is 31.2 Å². The molecule has 1 saturated heterocycles. The van der Waals surface area contributed by atoms with Crippen molar-refractivity contribution in [2.45, 2.75) is 25.3 Å². The number of pyridine rings is 1. The molecule has 1 fully saturated rings. The van der Waals surface area contributed by atoms with Crippen molar-refractivity contribution in [2.24, 2.45) is 0 Å². The van der Waals surface area contributed by atoms with E-state index in [9.17, 15) is 0 Å². The number of benzene rings is 1. The van der Waals surface area contributed by atoms with Crippen LogP contribution >= 0.6 is 0 Å². The summed E-state index contributed by atoms with van der Waals surface area (Å²) in [5, 5.41) is 4.53. The normalized spacial score (nSPS) is 20.1. The van der Waals surface area contributed by atoms with E-state index in [-0.39, 0.29) is 0 Å². The van der Waals surface area contributed by atoms with Crippen molar-refractivity contribution in [1.29, 1.82) is 0 Å². The molecular weight excluding hydrogens is 248 g/mol. The minimum Gasteiger partial charge on any atom is -0.397 e. The van der Waals surface area contributed by atoms with Crippen molar-refractivity contribution < 1.29 is 0 Å². The van der Waals surface area contributed by atoms with Gasteiger partial charge in [0.05, 0.1) is 16.9 Å². The van der Waals surface area contributed by atoms with E-state index in [2.05, 4.69) is 22.2 Å². The maximum atomic E-state index is 6.25. The van der Waals surface area contributed by atoms with Gasteiger partial charge in [-0.2, -0.15) is 0 Å². The molecule has 3 N–H and O–H groups in total. The van der Waals surface area contributed by atoms with Gasteiger partial charge >= 0.3 is 0 Å². The van der Waals surface area contributed by atoms with Gasteiger partial charge in [0.15, 0.2) is 0 Å². The number of likely N-dealkylation sites (tertiary alicyclic amines) is 1. The van der Waals surface area contributed by atoms with E-state index >= 15 is 0 Å². The molecule has 1 aromatic heterocycles. The summed E-state index contributed by atoms with van der Waals surface area (Å²) < 4.78 is 0. The number of rotatable bonds is 3. The molecule has 20 heavy (non-hydrogen) atoms. The zero-order valence-electron chi connectivity index (χ0n) is 12.0. The topological polar surface area (TPSA) is 54.2 Å². The Morgan fingerprint density at radius 1 is 1.35 bits per heavy atom. The number of hydrogen-bond donors (Lipinski definition) is 2. The van der Waals surface area contributed by atoms with Gasteiger partial charge in [0.2, 0.25) is 0 Å². The number of nitrogens with two attached hydrogens (primary N) is 1. The molecular formula is C16H22N4. The van der Waals surface area contributed by atoms with E-state index in [0.29, 0.717) is 6.04 Å². The van der Waals surface area contributed by atoms with E-state index in [1.807, 2.05) is 24.3 Å². The molecule has 1 aromatic carbocycles. The number of likely N-dealkylation sites (N-methyl/N-ethyl adjacent to an activating group) is 1. The molecule has 0 aliphatic carbocycles. The van der Waals surface area contributed by atoms with Gasteiger partial charge < -0.3 is 16.0 Å². The predicted molar refractivity (Wildman–Crippen MR) is 84.9 cm³/mol. The fourth-order valence-electron chi connectivity index (χ4n) is 2.96. The van der Waals surface area contributed by atoms with Gasteiger partial charge in [0.1, 0.15) is 0 Å². The molecule has 4 nitrogen and oxygen atoms in total. The summed E-state index contributed by atoms with van der Waals surface area (Å²) in [5.74, 6) is 0. The first kappa shape index (κ1) is 13.2. The van der Waals surface area contributed by atoms with E-state index in [1.54, 1.807) is 6.20 Å². The lowest BCUT2D eigenvalue weighted by Crippen LogP contribution is -2.40. The lowest BCUT2D eigenvalue weighted by atomic mass is 10.0. The first-order valence-electron chi connectivity index (χ1n) is 7.33. The molecule has 1 aliphatic heterocycles. The molecule has 0 bridgehead atoms. The smallest absolute Gasteiger partial charge is 0.0724 e. The Labute approximate surface area is 120 Å². The summed E-state index contributed by atoms with van der Waals surface area (Å²) >= 11 is 0. The van der Waals surface area contributed by atoms with Crippen LogP contribution < -0.4 is 11.1 Å². The van der Waals surface area contributed by atoms with E-state index in [4.69, 9.17) is 5.73 Å². The molecule has 106 valence electrons. The summed E-state index contributed by atoms with van der Waals surface area (Å²) in [5.41, 5.74) is 9.02. The van der Waals surface area contributed by atoms with Crippen molar-refractivity contribution in [3.05, 3.63) is 30.5 Å². The second-order valence-electron chi connectivity index (χ2n) is 5.61. The van der Waals surface area contributed by atoms with Gasteiger partial charge in [0, 0.05) is 24.2 Å². The van der Waals surface area contributed by atoms with Crippen LogP contribution in [0.3, 0.4) is 0 Å². The monoisotopic (exact) mass is 270 g/mol. The van der Waals surface area contributed by atoms with E-state index < -0.39 is 0 Å². The average Bonchev–Trinajstić information content (AvgIpc) is 2.48. The minimum absolute atomic E-state index is 0.604. The first-order chi connectivity index (χ1) is 9.75. The van der Waals surface area contributed by atoms with Crippen molar-refractivity contribution >= 4 is 22.3 Å². The number of anilines is 2. The van der Waals surface area contributed by atoms with E-state index in [0.717, 1.165) is 28.8 Å². The highest BCUT2D eigenvalue weighted by Gasteiger charge is 2.18. The number of piperidine rings is 1. The van der Waals surface area contributed by atoms with Crippen LogP contribution in [-0.2, 0) is 0 Å². The Morgan fingerprint density at radius 3 is 3.10 bits per heavy atom. The number of nitrogen functional groups attached to an aromatic ring is 1. The van der Waals surface area contributed by atoms with Gasteiger partial charge in [0.25, 0.3) is 0 Å². The summed E-state index contributed by atoms with van der Waals surface area (Å²) in [7, 11) is 2.21. The lowest BCUT2D eigenvalue weighted by molar-refractivity contribution is 0.194. The molecule has 0 radical (unpaired) electrons. The molecule has 1 atom stereocenters. The molecule has 2 heterocycles. The quantitative estimate of drug-likeness (QED) is 0.842. The van der Waals surface area contributed by atoms with Crippen LogP contribution in [0, 0.1) is 0 Å². The highest BCUT2D eigenvalue weighted by Crippen LogP contribution is 2.27. The Balaban J connectivity index is 1.75. The number of nitrogens with zero attached hydrogens (tertiary/aromatic N) is 2. The zero-order chi connectivity index (χ0) is 13.9.